The first-order chi connectivity index (χ1) is 4.96. The van der Waals surface area contributed by atoms with E-state index < -0.39 is 17.2 Å². The number of rotatable bonds is 1. The smallest absolute Gasteiger partial charge is 0.0635 e. The van der Waals surface area contributed by atoms with Crippen LogP contribution < -0.4 is 4.89 Å². The lowest BCUT2D eigenvalue weighted by atomic mass is 10.2. The second-order valence-electron chi connectivity index (χ2n) is 4.87. The average Bonchev–Trinajstić information content (AvgIpc) is 1.52. The van der Waals surface area contributed by atoms with Crippen molar-refractivity contribution in [2.45, 2.75) is 52.3 Å². The molecule has 0 rings (SSSR count). The molecule has 0 aliphatic rings. The van der Waals surface area contributed by atoms with Crippen molar-refractivity contribution in [3.05, 3.63) is 0 Å². The number of hydrogen-bond donors (Lipinski definition) is 0. The molecule has 74 valence electrons. The molecule has 0 saturated heterocycles. The predicted octanol–water partition coefficient (Wildman–Crippen LogP) is 2.27. The molecule has 0 aromatic heterocycles. The summed E-state index contributed by atoms with van der Waals surface area (Å²) in [4.78, 5) is 11.8. The molecular weight excluding hydrogens is 191 g/mol. The minimum atomic E-state index is -2.91. The largest absolute Gasteiger partial charge is 0.800 e. The molecule has 1 unspecified atom stereocenters. The van der Waals surface area contributed by atoms with E-state index in [-0.39, 0.29) is 0 Å². The van der Waals surface area contributed by atoms with Crippen LogP contribution in [-0.4, -0.2) is 10.8 Å². The number of hydrogen-bond acceptors (Lipinski definition) is 3. The zero-order valence-corrected chi connectivity index (χ0v) is 10.4. The zero-order valence-electron chi connectivity index (χ0n) is 8.67. The van der Waals surface area contributed by atoms with E-state index in [4.69, 9.17) is 16.3 Å². The van der Waals surface area contributed by atoms with Crippen molar-refractivity contribution in [3.8, 4) is 0 Å². The molecule has 0 fully saturated rings. The van der Waals surface area contributed by atoms with Crippen molar-refractivity contribution in [2.75, 3.05) is 0 Å². The second-order valence-corrected chi connectivity index (χ2v) is 8.83. The van der Waals surface area contributed by atoms with Gasteiger partial charge in [0.1, 0.15) is 0 Å². The van der Waals surface area contributed by atoms with E-state index in [0.717, 1.165) is 0 Å². The molecule has 0 saturated carbocycles. The van der Waals surface area contributed by atoms with Gasteiger partial charge in [-0.2, -0.15) is 0 Å². The maximum absolute atomic E-state index is 11.8. The molecule has 0 heterocycles. The van der Waals surface area contributed by atoms with Crippen LogP contribution in [0.25, 0.3) is 0 Å². The summed E-state index contributed by atoms with van der Waals surface area (Å²) in [5.41, 5.74) is -0.426. The van der Waals surface area contributed by atoms with Gasteiger partial charge in [0, 0.05) is 11.6 Å². The van der Waals surface area contributed by atoms with Gasteiger partial charge in [0.25, 0.3) is 0 Å². The monoisotopic (exact) mass is 209 g/mol. The van der Waals surface area contributed by atoms with Crippen LogP contribution in [0.5, 0.6) is 0 Å². The van der Waals surface area contributed by atoms with Gasteiger partial charge in [0.15, 0.2) is 0 Å². The third kappa shape index (κ3) is 3.99. The van der Waals surface area contributed by atoms with Crippen LogP contribution >= 0.6 is 6.49 Å². The minimum absolute atomic E-state index is 0.426. The Kier molecular flexibility index (Phi) is 3.54. The topological polar surface area (TPSA) is 32.3 Å². The van der Waals surface area contributed by atoms with Gasteiger partial charge in [-0.3, -0.25) is 0 Å². The Labute approximate surface area is 80.5 Å². The molecule has 1 atom stereocenters. The van der Waals surface area contributed by atoms with Crippen molar-refractivity contribution in [2.24, 2.45) is 0 Å². The Bertz CT molecular complexity index is 200. The molecule has 0 bridgehead atoms. The van der Waals surface area contributed by atoms with Gasteiger partial charge in [0.05, 0.1) is 5.60 Å². The molecule has 0 N–H and O–H groups in total. The van der Waals surface area contributed by atoms with Gasteiger partial charge in [-0.1, -0.05) is 32.6 Å². The highest BCUT2D eigenvalue weighted by atomic mass is 32.5. The van der Waals surface area contributed by atoms with Crippen molar-refractivity contribution in [3.63, 3.8) is 0 Å². The van der Waals surface area contributed by atoms with Crippen LogP contribution in [0.3, 0.4) is 0 Å². The minimum Gasteiger partial charge on any atom is -0.800 e. The summed E-state index contributed by atoms with van der Waals surface area (Å²) >= 11 is 4.96. The third-order valence-electron chi connectivity index (χ3n) is 1.22. The molecule has 0 radical (unpaired) electrons. The lowest BCUT2D eigenvalue weighted by Crippen LogP contribution is -2.30. The highest BCUT2D eigenvalue weighted by Gasteiger charge is 2.26. The van der Waals surface area contributed by atoms with Crippen molar-refractivity contribution < 1.29 is 9.42 Å². The van der Waals surface area contributed by atoms with Crippen LogP contribution in [0, 0.1) is 0 Å². The summed E-state index contributed by atoms with van der Waals surface area (Å²) in [5.74, 6) is 0. The Morgan fingerprint density at radius 3 is 1.50 bits per heavy atom. The fourth-order valence-electron chi connectivity index (χ4n) is 0.497. The highest BCUT2D eigenvalue weighted by molar-refractivity contribution is 8.09. The van der Waals surface area contributed by atoms with Gasteiger partial charge in [0.2, 0.25) is 0 Å². The van der Waals surface area contributed by atoms with Gasteiger partial charge < -0.3 is 9.42 Å². The molecule has 0 aromatic carbocycles. The molecule has 0 aliphatic carbocycles. The van der Waals surface area contributed by atoms with Crippen molar-refractivity contribution in [1.29, 1.82) is 0 Å². The van der Waals surface area contributed by atoms with E-state index in [1.54, 1.807) is 0 Å². The highest BCUT2D eigenvalue weighted by Crippen LogP contribution is 2.53. The molecule has 0 aliphatic heterocycles. The molecule has 12 heavy (non-hydrogen) atoms. The summed E-state index contributed by atoms with van der Waals surface area (Å²) in [6.07, 6.45) is 0. The predicted molar refractivity (Wildman–Crippen MR) is 54.9 cm³/mol. The maximum Gasteiger partial charge on any atom is 0.0635 e. The summed E-state index contributed by atoms with van der Waals surface area (Å²) in [6, 6.07) is 0. The van der Waals surface area contributed by atoms with E-state index in [2.05, 4.69) is 0 Å². The van der Waals surface area contributed by atoms with E-state index in [1.807, 2.05) is 41.5 Å². The van der Waals surface area contributed by atoms with Crippen LogP contribution in [0.2, 0.25) is 0 Å². The molecular formula is C8H18O2PS-. The van der Waals surface area contributed by atoms with Crippen molar-refractivity contribution >= 4 is 18.3 Å². The summed E-state index contributed by atoms with van der Waals surface area (Å²) in [7, 11) is 0. The summed E-state index contributed by atoms with van der Waals surface area (Å²) in [5, 5.41) is -0.449. The molecule has 2 nitrogen and oxygen atoms in total. The van der Waals surface area contributed by atoms with Gasteiger partial charge >= 0.3 is 0 Å². The van der Waals surface area contributed by atoms with Gasteiger partial charge in [-0.25, -0.2) is 0 Å². The Hall–Kier alpha value is 0.570. The van der Waals surface area contributed by atoms with Crippen LogP contribution in [0.4, 0.5) is 0 Å². The molecule has 0 spiro atoms. The van der Waals surface area contributed by atoms with Gasteiger partial charge in [-0.15, -0.1) is 0 Å². The summed E-state index contributed by atoms with van der Waals surface area (Å²) < 4.78 is 5.36. The molecule has 0 aromatic rings. The van der Waals surface area contributed by atoms with E-state index in [1.165, 1.54) is 0 Å². The lowest BCUT2D eigenvalue weighted by Gasteiger charge is -2.44. The van der Waals surface area contributed by atoms with E-state index in [9.17, 15) is 4.89 Å². The quantitative estimate of drug-likeness (QED) is 0.621. The third-order valence-corrected chi connectivity index (χ3v) is 5.51. The Morgan fingerprint density at radius 2 is 1.42 bits per heavy atom. The first kappa shape index (κ1) is 12.6. The Balaban J connectivity index is 4.57. The summed E-state index contributed by atoms with van der Waals surface area (Å²) in [6.45, 7) is 8.18. The molecule has 0 amide bonds. The Morgan fingerprint density at radius 1 is 1.08 bits per heavy atom. The second kappa shape index (κ2) is 3.38. The van der Waals surface area contributed by atoms with Crippen molar-refractivity contribution in [1.82, 2.24) is 0 Å². The van der Waals surface area contributed by atoms with E-state index >= 15 is 0 Å². The van der Waals surface area contributed by atoms with E-state index in [0.29, 0.717) is 0 Å². The SMILES string of the molecule is CC(C)(C)OP([O-])(=S)C(C)(C)C. The van der Waals surface area contributed by atoms with Crippen LogP contribution in [0.1, 0.15) is 41.5 Å². The van der Waals surface area contributed by atoms with Crippen LogP contribution in [-0.2, 0) is 16.3 Å². The van der Waals surface area contributed by atoms with Gasteiger partial charge in [-0.05, 0) is 20.8 Å². The zero-order chi connectivity index (χ0) is 10.2. The maximum atomic E-state index is 11.8. The first-order valence-corrected chi connectivity index (χ1v) is 6.61. The average molecular weight is 209 g/mol. The fraction of sp³-hybridized carbons (Fsp3) is 1.00. The normalized spacial score (nSPS) is 18.9. The lowest BCUT2D eigenvalue weighted by molar-refractivity contribution is -0.194. The first-order valence-electron chi connectivity index (χ1n) is 3.98. The molecule has 4 heteroatoms. The van der Waals surface area contributed by atoms with Crippen LogP contribution in [0.15, 0.2) is 0 Å². The fourth-order valence-corrected chi connectivity index (χ4v) is 2.16. The standard InChI is InChI=1S/C8H19O2PS/c1-7(2,3)10-11(9,12)8(4,5)6/h1-6H3,(H,9,12)/p-1.